The van der Waals surface area contributed by atoms with Crippen molar-refractivity contribution in [3.05, 3.63) is 265 Å². The van der Waals surface area contributed by atoms with E-state index in [0.717, 1.165) is 34.1 Å². The zero-order chi connectivity index (χ0) is 38.0. The minimum absolute atomic E-state index is 0.652. The zero-order valence-electron chi connectivity index (χ0n) is 31.5. The number of benzene rings is 9. The van der Waals surface area contributed by atoms with Gasteiger partial charge in [0, 0.05) is 34.0 Å². The molecule has 1 aliphatic rings. The van der Waals surface area contributed by atoms with E-state index < -0.39 is 5.41 Å². The fourth-order valence-corrected chi connectivity index (χ4v) is 8.87. The summed E-state index contributed by atoms with van der Waals surface area (Å²) in [5.41, 5.74) is 15.7. The number of nitrogens with zero attached hydrogens (tertiary/aromatic N) is 2. The number of para-hydroxylation sites is 4. The Kier molecular flexibility index (Phi) is 8.78. The van der Waals surface area contributed by atoms with Crippen LogP contribution in [0.4, 0.5) is 34.1 Å². The standard InChI is InChI=1S/C55H40N2/c1-8-22-41(23-9-1)42-36-37-50-51(38-42)55(43-24-10-2-11-25-43,44-26-12-3-13-27-44)52-39-49(56(45-28-14-4-15-29-45)46-30-16-5-17-31-46)40-53(54(50)52)57(47-32-18-6-19-33-47)48-34-20-7-21-35-48/h1-40H. The van der Waals surface area contributed by atoms with Crippen molar-refractivity contribution in [2.45, 2.75) is 5.41 Å². The first-order valence-electron chi connectivity index (χ1n) is 19.6. The maximum absolute atomic E-state index is 2.47. The molecule has 2 nitrogen and oxygen atoms in total. The van der Waals surface area contributed by atoms with Crippen LogP contribution in [-0.2, 0) is 5.41 Å². The molecule has 0 saturated carbocycles. The zero-order valence-corrected chi connectivity index (χ0v) is 31.5. The predicted molar refractivity (Wildman–Crippen MR) is 239 cm³/mol. The van der Waals surface area contributed by atoms with Crippen molar-refractivity contribution < 1.29 is 0 Å². The molecule has 0 N–H and O–H groups in total. The maximum atomic E-state index is 2.47. The fraction of sp³-hybridized carbons (Fsp3) is 0.0182. The van der Waals surface area contributed by atoms with Gasteiger partial charge in [0.25, 0.3) is 0 Å². The molecule has 2 heteroatoms. The van der Waals surface area contributed by atoms with Crippen molar-refractivity contribution in [3.8, 4) is 22.3 Å². The minimum atomic E-state index is -0.652. The van der Waals surface area contributed by atoms with Crippen LogP contribution in [0, 0.1) is 0 Å². The molecule has 0 unspecified atom stereocenters. The lowest BCUT2D eigenvalue weighted by molar-refractivity contribution is 0.768. The topological polar surface area (TPSA) is 6.48 Å². The summed E-state index contributed by atoms with van der Waals surface area (Å²) in [5.74, 6) is 0. The molecule has 57 heavy (non-hydrogen) atoms. The van der Waals surface area contributed by atoms with E-state index in [-0.39, 0.29) is 0 Å². The summed E-state index contributed by atoms with van der Waals surface area (Å²) >= 11 is 0. The van der Waals surface area contributed by atoms with Gasteiger partial charge in [0.15, 0.2) is 0 Å². The largest absolute Gasteiger partial charge is 0.310 e. The average molecular weight is 729 g/mol. The maximum Gasteiger partial charge on any atom is 0.0715 e. The molecule has 1 aliphatic carbocycles. The molecule has 0 atom stereocenters. The third kappa shape index (κ3) is 5.91. The number of anilines is 6. The van der Waals surface area contributed by atoms with Crippen molar-refractivity contribution in [2.75, 3.05) is 9.80 Å². The smallest absolute Gasteiger partial charge is 0.0715 e. The number of fused-ring (bicyclic) bond motifs is 3. The molecule has 0 amide bonds. The average Bonchev–Trinajstić information content (AvgIpc) is 3.59. The molecule has 9 aromatic carbocycles. The van der Waals surface area contributed by atoms with Gasteiger partial charge >= 0.3 is 0 Å². The van der Waals surface area contributed by atoms with Gasteiger partial charge in [-0.3, -0.25) is 0 Å². The van der Waals surface area contributed by atoms with Crippen LogP contribution in [0.15, 0.2) is 243 Å². The first-order chi connectivity index (χ1) is 28.3. The highest BCUT2D eigenvalue weighted by atomic mass is 15.2. The van der Waals surface area contributed by atoms with Gasteiger partial charge in [0.05, 0.1) is 11.1 Å². The lowest BCUT2D eigenvalue weighted by Gasteiger charge is -2.36. The van der Waals surface area contributed by atoms with Gasteiger partial charge in [0.2, 0.25) is 0 Å². The quantitative estimate of drug-likeness (QED) is 0.146. The molecule has 270 valence electrons. The molecular formula is C55H40N2. The number of hydrogen-bond acceptors (Lipinski definition) is 2. The summed E-state index contributed by atoms with van der Waals surface area (Å²) in [6, 6.07) is 88.1. The molecule has 10 rings (SSSR count). The Morgan fingerprint density at radius 2 is 0.684 bits per heavy atom. The Labute approximate surface area is 335 Å². The summed E-state index contributed by atoms with van der Waals surface area (Å²) < 4.78 is 0. The number of hydrogen-bond donors (Lipinski definition) is 0. The van der Waals surface area contributed by atoms with E-state index in [0.29, 0.717) is 0 Å². The highest BCUT2D eigenvalue weighted by Crippen LogP contribution is 2.61. The second-order valence-corrected chi connectivity index (χ2v) is 14.5. The van der Waals surface area contributed by atoms with Crippen LogP contribution in [0.2, 0.25) is 0 Å². The van der Waals surface area contributed by atoms with Gasteiger partial charge in [-0.25, -0.2) is 0 Å². The van der Waals surface area contributed by atoms with Crippen molar-refractivity contribution >= 4 is 34.1 Å². The molecule has 0 fully saturated rings. The molecule has 0 radical (unpaired) electrons. The van der Waals surface area contributed by atoms with Gasteiger partial charge < -0.3 is 9.80 Å². The lowest BCUT2D eigenvalue weighted by atomic mass is 9.67. The van der Waals surface area contributed by atoms with E-state index in [9.17, 15) is 0 Å². The summed E-state index contributed by atoms with van der Waals surface area (Å²) in [6.07, 6.45) is 0. The summed E-state index contributed by atoms with van der Waals surface area (Å²) in [6.45, 7) is 0. The van der Waals surface area contributed by atoms with Gasteiger partial charge in [0.1, 0.15) is 0 Å². The summed E-state index contributed by atoms with van der Waals surface area (Å²) in [4.78, 5) is 4.84. The van der Waals surface area contributed by atoms with Gasteiger partial charge in [-0.05, 0) is 106 Å². The van der Waals surface area contributed by atoms with Gasteiger partial charge in [-0.2, -0.15) is 0 Å². The van der Waals surface area contributed by atoms with Gasteiger partial charge in [-0.1, -0.05) is 176 Å². The third-order valence-electron chi connectivity index (χ3n) is 11.3. The number of rotatable bonds is 9. The van der Waals surface area contributed by atoms with E-state index in [1.54, 1.807) is 0 Å². The van der Waals surface area contributed by atoms with E-state index in [1.165, 1.54) is 44.5 Å². The SMILES string of the molecule is c1ccc(-c2ccc3c(c2)C(c2ccccc2)(c2ccccc2)c2cc(N(c4ccccc4)c4ccccc4)cc(N(c4ccccc4)c4ccccc4)c2-3)cc1. The van der Waals surface area contributed by atoms with Crippen molar-refractivity contribution in [2.24, 2.45) is 0 Å². The summed E-state index contributed by atoms with van der Waals surface area (Å²) in [5, 5.41) is 0. The van der Waals surface area contributed by atoms with Crippen LogP contribution in [0.3, 0.4) is 0 Å². The van der Waals surface area contributed by atoms with Gasteiger partial charge in [-0.15, -0.1) is 0 Å². The van der Waals surface area contributed by atoms with Crippen LogP contribution in [0.1, 0.15) is 22.3 Å². The highest BCUT2D eigenvalue weighted by molar-refractivity contribution is 6.00. The molecule has 0 aliphatic heterocycles. The van der Waals surface area contributed by atoms with E-state index in [1.807, 2.05) is 0 Å². The molecule has 9 aromatic rings. The molecular weight excluding hydrogens is 689 g/mol. The monoisotopic (exact) mass is 728 g/mol. The van der Waals surface area contributed by atoms with Crippen LogP contribution in [-0.4, -0.2) is 0 Å². The highest BCUT2D eigenvalue weighted by Gasteiger charge is 2.48. The first-order valence-corrected chi connectivity index (χ1v) is 19.6. The second kappa shape index (κ2) is 14.7. The lowest BCUT2D eigenvalue weighted by Crippen LogP contribution is -2.29. The molecule has 0 spiro atoms. The molecule has 0 saturated heterocycles. The Balaban J connectivity index is 1.39. The fourth-order valence-electron chi connectivity index (χ4n) is 8.87. The normalized spacial score (nSPS) is 12.4. The summed E-state index contributed by atoms with van der Waals surface area (Å²) in [7, 11) is 0. The van der Waals surface area contributed by atoms with Crippen LogP contribution in [0.5, 0.6) is 0 Å². The van der Waals surface area contributed by atoms with Crippen molar-refractivity contribution in [3.63, 3.8) is 0 Å². The Morgan fingerprint density at radius 3 is 1.14 bits per heavy atom. The van der Waals surface area contributed by atoms with Crippen molar-refractivity contribution in [1.82, 2.24) is 0 Å². The third-order valence-corrected chi connectivity index (χ3v) is 11.3. The van der Waals surface area contributed by atoms with Crippen LogP contribution >= 0.6 is 0 Å². The molecule has 0 aromatic heterocycles. The predicted octanol–water partition coefficient (Wildman–Crippen LogP) is 14.7. The molecule has 0 bridgehead atoms. The van der Waals surface area contributed by atoms with E-state index >= 15 is 0 Å². The van der Waals surface area contributed by atoms with Crippen molar-refractivity contribution in [1.29, 1.82) is 0 Å². The van der Waals surface area contributed by atoms with E-state index in [4.69, 9.17) is 0 Å². The first kappa shape index (κ1) is 34.1. The minimum Gasteiger partial charge on any atom is -0.310 e. The van der Waals surface area contributed by atoms with Crippen LogP contribution in [0.25, 0.3) is 22.3 Å². The van der Waals surface area contributed by atoms with E-state index in [2.05, 4.69) is 252 Å². The molecule has 0 heterocycles. The Hall–Kier alpha value is -7.42. The Bertz CT molecular complexity index is 2630. The van der Waals surface area contributed by atoms with Crippen LogP contribution < -0.4 is 9.80 Å². The second-order valence-electron chi connectivity index (χ2n) is 14.5. The Morgan fingerprint density at radius 1 is 0.281 bits per heavy atom.